The molecule has 0 saturated heterocycles. The number of hydrogen-bond donors (Lipinski definition) is 0. The molecule has 0 N–H and O–H groups in total. The van der Waals surface area contributed by atoms with Crippen LogP contribution in [0.4, 0.5) is 0 Å². The fourth-order valence-electron chi connectivity index (χ4n) is 0.655. The molecule has 0 aliphatic heterocycles. The Morgan fingerprint density at radius 2 is 1.54 bits per heavy atom. The van der Waals surface area contributed by atoms with Crippen LogP contribution in [0.1, 0.15) is 0 Å². The van der Waals surface area contributed by atoms with Crippen molar-refractivity contribution >= 4 is 82.8 Å². The SMILES string of the molecule is [Ca+2].[O-][P+]([O-])([O-])c1ccc(Br)c(Br)c1. The van der Waals surface area contributed by atoms with Crippen LogP contribution in [0.2, 0.25) is 0 Å². The second-order valence-electron chi connectivity index (χ2n) is 2.10. The smallest absolute Gasteiger partial charge is 0.683 e. The van der Waals surface area contributed by atoms with Crippen LogP contribution < -0.4 is 20.0 Å². The van der Waals surface area contributed by atoms with Gasteiger partial charge in [0.25, 0.3) is 0 Å². The molecule has 1 rings (SSSR count). The Morgan fingerprint density at radius 1 is 1.00 bits per heavy atom. The Labute approximate surface area is 123 Å². The van der Waals surface area contributed by atoms with Gasteiger partial charge in [-0.15, -0.1) is 7.94 Å². The summed E-state index contributed by atoms with van der Waals surface area (Å²) in [6.07, 6.45) is 0. The first kappa shape index (κ1) is 14.7. The molecule has 0 spiro atoms. The number of halogens is 2. The molecular weight excluding hydrogens is 351 g/mol. The Kier molecular flexibility index (Phi) is 6.50. The average molecular weight is 354 g/mol. The van der Waals surface area contributed by atoms with Gasteiger partial charge in [0.15, 0.2) is 0 Å². The van der Waals surface area contributed by atoms with E-state index in [1.807, 2.05) is 0 Å². The molecule has 0 aromatic heterocycles. The molecule has 0 saturated carbocycles. The molecule has 0 radical (unpaired) electrons. The Balaban J connectivity index is 0.00000144. The van der Waals surface area contributed by atoms with Gasteiger partial charge in [0.1, 0.15) is 0 Å². The number of benzene rings is 1. The van der Waals surface area contributed by atoms with Gasteiger partial charge in [-0.3, -0.25) is 0 Å². The van der Waals surface area contributed by atoms with Crippen molar-refractivity contribution in [2.45, 2.75) is 0 Å². The zero-order valence-corrected chi connectivity index (χ0v) is 12.6. The van der Waals surface area contributed by atoms with E-state index in [-0.39, 0.29) is 43.0 Å². The third-order valence-electron chi connectivity index (χ3n) is 1.22. The molecule has 0 unspecified atom stereocenters. The summed E-state index contributed by atoms with van der Waals surface area (Å²) in [5.74, 6) is 0. The average Bonchev–Trinajstić information content (AvgIpc) is 1.92. The van der Waals surface area contributed by atoms with Crippen LogP contribution in [0.3, 0.4) is 0 Å². The van der Waals surface area contributed by atoms with E-state index in [9.17, 15) is 14.7 Å². The zero-order valence-electron chi connectivity index (χ0n) is 6.37. The van der Waals surface area contributed by atoms with Gasteiger partial charge in [0.05, 0.1) is 5.30 Å². The summed E-state index contributed by atoms with van der Waals surface area (Å²) in [6, 6.07) is 4.03. The van der Waals surface area contributed by atoms with Crippen LogP contribution in [-0.2, 0) is 0 Å². The van der Waals surface area contributed by atoms with Crippen LogP contribution in [0.5, 0.6) is 0 Å². The second-order valence-corrected chi connectivity index (χ2v) is 5.32. The third-order valence-corrected chi connectivity index (χ3v) is 4.01. The van der Waals surface area contributed by atoms with Crippen molar-refractivity contribution < 1.29 is 14.7 Å². The van der Waals surface area contributed by atoms with Gasteiger partial charge in [0, 0.05) is 8.95 Å². The molecule has 7 heteroatoms. The third kappa shape index (κ3) is 4.41. The molecule has 13 heavy (non-hydrogen) atoms. The van der Waals surface area contributed by atoms with Crippen molar-refractivity contribution in [3.63, 3.8) is 0 Å². The second kappa shape index (κ2) is 5.73. The van der Waals surface area contributed by atoms with E-state index in [0.717, 1.165) is 0 Å². The fourth-order valence-corrected chi connectivity index (χ4v) is 2.00. The van der Waals surface area contributed by atoms with E-state index in [1.165, 1.54) is 18.2 Å². The minimum atomic E-state index is -4.62. The summed E-state index contributed by atoms with van der Waals surface area (Å²) in [5.41, 5.74) is 0. The van der Waals surface area contributed by atoms with Gasteiger partial charge in [-0.05, 0) is 50.1 Å². The number of rotatable bonds is 1. The Hall–Kier alpha value is 1.75. The molecule has 3 nitrogen and oxygen atoms in total. The zero-order chi connectivity index (χ0) is 9.35. The summed E-state index contributed by atoms with van der Waals surface area (Å²) in [7, 11) is -4.62. The van der Waals surface area contributed by atoms with Gasteiger partial charge in [-0.1, -0.05) is 0 Å². The predicted octanol–water partition coefficient (Wildman–Crippen LogP) is -0.700. The first-order valence-electron chi connectivity index (χ1n) is 2.89. The van der Waals surface area contributed by atoms with Crippen molar-refractivity contribution in [1.29, 1.82) is 0 Å². The van der Waals surface area contributed by atoms with Crippen LogP contribution >= 0.6 is 39.8 Å². The van der Waals surface area contributed by atoms with E-state index in [1.54, 1.807) is 0 Å². The monoisotopic (exact) mass is 352 g/mol. The van der Waals surface area contributed by atoms with Crippen molar-refractivity contribution in [2.75, 3.05) is 0 Å². The molecule has 1 aromatic carbocycles. The standard InChI is InChI=1S/C6H5Br2O3P.Ca/c7-5-2-1-4(3-6(5)8)12(9,10)11;/h1-3H,(H2,9,10,11);/q;+2/p-2. The molecule has 0 fully saturated rings. The Morgan fingerprint density at radius 3 is 1.92 bits per heavy atom. The molecule has 1 aromatic rings. The molecule has 0 atom stereocenters. The van der Waals surface area contributed by atoms with Crippen molar-refractivity contribution in [2.24, 2.45) is 0 Å². The largest absolute Gasteiger partial charge is 2.00 e. The predicted molar refractivity (Wildman–Crippen MR) is 54.2 cm³/mol. The van der Waals surface area contributed by atoms with Crippen LogP contribution in [0.25, 0.3) is 0 Å². The molecule has 0 aliphatic rings. The molecule has 0 heterocycles. The van der Waals surface area contributed by atoms with Crippen LogP contribution in [0.15, 0.2) is 27.1 Å². The first-order chi connectivity index (χ1) is 5.41. The summed E-state index contributed by atoms with van der Waals surface area (Å²) < 4.78 is 1.26. The maximum Gasteiger partial charge on any atom is 2.00 e. The number of hydrogen-bond acceptors (Lipinski definition) is 3. The van der Waals surface area contributed by atoms with Crippen LogP contribution in [0, 0.1) is 0 Å². The summed E-state index contributed by atoms with van der Waals surface area (Å²) in [5, 5.41) is -0.211. The quantitative estimate of drug-likeness (QED) is 0.495. The van der Waals surface area contributed by atoms with E-state index >= 15 is 0 Å². The van der Waals surface area contributed by atoms with Gasteiger partial charge in [-0.25, -0.2) is 0 Å². The molecular formula is C6H3Br2CaO3P. The summed E-state index contributed by atoms with van der Waals surface area (Å²) in [6.45, 7) is 0. The van der Waals surface area contributed by atoms with Crippen LogP contribution in [-0.4, -0.2) is 37.7 Å². The maximum absolute atomic E-state index is 10.5. The maximum atomic E-state index is 10.5. The molecule has 0 amide bonds. The van der Waals surface area contributed by atoms with E-state index in [2.05, 4.69) is 31.9 Å². The van der Waals surface area contributed by atoms with E-state index in [0.29, 0.717) is 8.95 Å². The van der Waals surface area contributed by atoms with Gasteiger partial charge < -0.3 is 14.7 Å². The Bertz CT molecular complexity index is 302. The van der Waals surface area contributed by atoms with Crippen molar-refractivity contribution in [3.05, 3.63) is 27.1 Å². The van der Waals surface area contributed by atoms with Gasteiger partial charge in [0.2, 0.25) is 0 Å². The molecule has 0 bridgehead atoms. The first-order valence-corrected chi connectivity index (χ1v) is 6.02. The minimum Gasteiger partial charge on any atom is -0.683 e. The minimum absolute atomic E-state index is 0. The van der Waals surface area contributed by atoms with Crippen molar-refractivity contribution in [3.8, 4) is 0 Å². The normalized spacial score (nSPS) is 10.8. The topological polar surface area (TPSA) is 69.2 Å². The summed E-state index contributed by atoms with van der Waals surface area (Å²) in [4.78, 5) is 31.6. The van der Waals surface area contributed by atoms with Gasteiger partial charge in [-0.2, -0.15) is 0 Å². The van der Waals surface area contributed by atoms with Gasteiger partial charge >= 0.3 is 37.7 Å². The van der Waals surface area contributed by atoms with E-state index < -0.39 is 7.94 Å². The van der Waals surface area contributed by atoms with E-state index in [4.69, 9.17) is 0 Å². The fraction of sp³-hybridized carbons (Fsp3) is 0. The molecule has 66 valence electrons. The summed E-state index contributed by atoms with van der Waals surface area (Å²) >= 11 is 6.25. The molecule has 0 aliphatic carbocycles. The van der Waals surface area contributed by atoms with Crippen molar-refractivity contribution in [1.82, 2.24) is 0 Å².